The molecule has 0 saturated carbocycles. The molecule has 1 aliphatic heterocycles. The molecule has 154 valence electrons. The van der Waals surface area contributed by atoms with Gasteiger partial charge in [0.25, 0.3) is 0 Å². The van der Waals surface area contributed by atoms with Crippen molar-refractivity contribution in [2.45, 2.75) is 51.4 Å². The minimum Gasteiger partial charge on any atom is -0.444 e. The number of fused-ring (bicyclic) bond motifs is 1. The number of carbonyl (C=O) groups excluding carboxylic acids is 1. The lowest BCUT2D eigenvalue weighted by Crippen LogP contribution is -2.49. The number of anilines is 2. The van der Waals surface area contributed by atoms with Gasteiger partial charge in [0, 0.05) is 31.5 Å². The van der Waals surface area contributed by atoms with Crippen LogP contribution < -0.4 is 16.0 Å². The van der Waals surface area contributed by atoms with Crippen molar-refractivity contribution in [1.29, 1.82) is 0 Å². The van der Waals surface area contributed by atoms with Crippen LogP contribution in [-0.4, -0.2) is 40.8 Å². The summed E-state index contributed by atoms with van der Waals surface area (Å²) in [6.07, 6.45) is -1.65. The monoisotopic (exact) mass is 399 g/mol. The number of carbonyl (C=O) groups is 1. The van der Waals surface area contributed by atoms with Crippen LogP contribution >= 0.6 is 0 Å². The first-order valence-electron chi connectivity index (χ1n) is 9.03. The predicted molar refractivity (Wildman–Crippen MR) is 100 cm³/mol. The van der Waals surface area contributed by atoms with Crippen LogP contribution in [0.3, 0.4) is 0 Å². The summed E-state index contributed by atoms with van der Waals surface area (Å²) in [5.41, 5.74) is 4.91. The zero-order chi connectivity index (χ0) is 20.7. The van der Waals surface area contributed by atoms with Gasteiger partial charge in [-0.3, -0.25) is 0 Å². The highest BCUT2D eigenvalue weighted by atomic mass is 19.4. The molecule has 1 saturated heterocycles. The number of nitrogen functional groups attached to an aromatic ring is 1. The van der Waals surface area contributed by atoms with Gasteiger partial charge >= 0.3 is 12.3 Å². The molecule has 7 nitrogen and oxygen atoms in total. The molecule has 0 bridgehead atoms. The Labute approximate surface area is 160 Å². The summed E-state index contributed by atoms with van der Waals surface area (Å²) in [5, 5.41) is 2.99. The van der Waals surface area contributed by atoms with Gasteiger partial charge in [0.15, 0.2) is 0 Å². The van der Waals surface area contributed by atoms with E-state index >= 15 is 0 Å². The molecule has 10 heteroatoms. The molecule has 1 aliphatic rings. The number of nitrogens with two attached hydrogens (primary N) is 1. The average molecular weight is 399 g/mol. The fourth-order valence-corrected chi connectivity index (χ4v) is 3.41. The summed E-state index contributed by atoms with van der Waals surface area (Å²) in [6, 6.07) is -0.340. The van der Waals surface area contributed by atoms with Crippen molar-refractivity contribution in [2.24, 2.45) is 0 Å². The summed E-state index contributed by atoms with van der Waals surface area (Å²) in [6.45, 7) is 5.87. The number of H-pyrrole nitrogens is 1. The van der Waals surface area contributed by atoms with Gasteiger partial charge in [0.2, 0.25) is 0 Å². The lowest BCUT2D eigenvalue weighted by atomic mass is 10.0. The molecule has 0 radical (unpaired) electrons. The van der Waals surface area contributed by atoms with Crippen molar-refractivity contribution in [2.75, 3.05) is 23.7 Å². The van der Waals surface area contributed by atoms with E-state index in [1.807, 2.05) is 0 Å². The number of amides is 1. The number of pyridine rings is 1. The number of alkyl halides is 3. The van der Waals surface area contributed by atoms with Gasteiger partial charge in [-0.15, -0.1) is 0 Å². The summed E-state index contributed by atoms with van der Waals surface area (Å²) >= 11 is 0. The van der Waals surface area contributed by atoms with Gasteiger partial charge in [-0.05, 0) is 33.6 Å². The Morgan fingerprint density at radius 1 is 1.39 bits per heavy atom. The molecule has 2 aromatic heterocycles. The second kappa shape index (κ2) is 7.06. The van der Waals surface area contributed by atoms with E-state index in [1.54, 1.807) is 25.7 Å². The lowest BCUT2D eigenvalue weighted by molar-refractivity contribution is -0.137. The maximum atomic E-state index is 13.7. The van der Waals surface area contributed by atoms with Gasteiger partial charge in [0.05, 0.1) is 22.3 Å². The van der Waals surface area contributed by atoms with Crippen LogP contribution in [0.4, 0.5) is 29.3 Å². The number of alkyl carbamates (subject to hydrolysis) is 1. The summed E-state index contributed by atoms with van der Waals surface area (Å²) in [4.78, 5) is 20.3. The third-order valence-corrected chi connectivity index (χ3v) is 4.47. The highest BCUT2D eigenvalue weighted by molar-refractivity contribution is 6.01. The van der Waals surface area contributed by atoms with Crippen molar-refractivity contribution < 1.29 is 22.7 Å². The fourth-order valence-electron chi connectivity index (χ4n) is 3.41. The number of nitrogens with one attached hydrogen (secondary N) is 2. The number of halogens is 3. The van der Waals surface area contributed by atoms with E-state index in [-0.39, 0.29) is 29.3 Å². The van der Waals surface area contributed by atoms with Crippen LogP contribution in [0.15, 0.2) is 12.4 Å². The predicted octanol–water partition coefficient (Wildman–Crippen LogP) is 3.66. The van der Waals surface area contributed by atoms with Gasteiger partial charge < -0.3 is 25.7 Å². The summed E-state index contributed by atoms with van der Waals surface area (Å²) < 4.78 is 46.2. The maximum absolute atomic E-state index is 13.7. The molecule has 3 heterocycles. The van der Waals surface area contributed by atoms with Crippen molar-refractivity contribution in [3.63, 3.8) is 0 Å². The summed E-state index contributed by atoms with van der Waals surface area (Å²) in [7, 11) is 0. The number of aromatic amines is 1. The van der Waals surface area contributed by atoms with Crippen LogP contribution in [0.1, 0.15) is 39.2 Å². The molecule has 3 rings (SSSR count). The van der Waals surface area contributed by atoms with Gasteiger partial charge in [-0.25, -0.2) is 9.78 Å². The Morgan fingerprint density at radius 3 is 2.75 bits per heavy atom. The second-order valence-corrected chi connectivity index (χ2v) is 7.92. The first kappa shape index (κ1) is 20.1. The number of nitrogens with zero attached hydrogens (tertiary/aromatic N) is 2. The van der Waals surface area contributed by atoms with Gasteiger partial charge in [-0.2, -0.15) is 13.2 Å². The molecule has 28 heavy (non-hydrogen) atoms. The molecule has 1 amide bonds. The van der Waals surface area contributed by atoms with Gasteiger partial charge in [0.1, 0.15) is 11.2 Å². The van der Waals surface area contributed by atoms with E-state index in [0.717, 1.165) is 6.20 Å². The normalized spacial score (nSPS) is 18.4. The third-order valence-electron chi connectivity index (χ3n) is 4.47. The molecule has 0 aromatic carbocycles. The largest absolute Gasteiger partial charge is 0.444 e. The minimum atomic E-state index is -4.58. The zero-order valence-corrected chi connectivity index (χ0v) is 16.0. The van der Waals surface area contributed by atoms with E-state index in [1.165, 1.54) is 6.20 Å². The van der Waals surface area contributed by atoms with Crippen molar-refractivity contribution in [3.8, 4) is 0 Å². The van der Waals surface area contributed by atoms with Crippen LogP contribution in [0.25, 0.3) is 11.0 Å². The fraction of sp³-hybridized carbons (Fsp3) is 0.556. The second-order valence-electron chi connectivity index (χ2n) is 7.92. The van der Waals surface area contributed by atoms with E-state index in [0.29, 0.717) is 25.0 Å². The number of hydrogen-bond donors (Lipinski definition) is 3. The Kier molecular flexibility index (Phi) is 5.07. The van der Waals surface area contributed by atoms with Crippen LogP contribution in [0.5, 0.6) is 0 Å². The van der Waals surface area contributed by atoms with E-state index < -0.39 is 23.4 Å². The summed E-state index contributed by atoms with van der Waals surface area (Å²) in [5.74, 6) is 0. The molecule has 4 N–H and O–H groups in total. The topological polar surface area (TPSA) is 96.3 Å². The van der Waals surface area contributed by atoms with E-state index in [2.05, 4.69) is 15.3 Å². The molecule has 1 atom stereocenters. The Balaban J connectivity index is 1.91. The first-order valence-corrected chi connectivity index (χ1v) is 9.03. The van der Waals surface area contributed by atoms with Crippen molar-refractivity contribution >= 4 is 28.5 Å². The average Bonchev–Trinajstić information content (AvgIpc) is 2.93. The highest BCUT2D eigenvalue weighted by Gasteiger charge is 2.38. The zero-order valence-electron chi connectivity index (χ0n) is 16.0. The minimum absolute atomic E-state index is 0.00746. The lowest BCUT2D eigenvalue weighted by Gasteiger charge is -2.36. The Morgan fingerprint density at radius 2 is 2.11 bits per heavy atom. The van der Waals surface area contributed by atoms with Crippen LogP contribution in [0, 0.1) is 0 Å². The van der Waals surface area contributed by atoms with E-state index in [9.17, 15) is 18.0 Å². The molecule has 0 spiro atoms. The molecule has 2 aromatic rings. The van der Waals surface area contributed by atoms with Crippen molar-refractivity contribution in [1.82, 2.24) is 15.3 Å². The van der Waals surface area contributed by atoms with E-state index in [4.69, 9.17) is 10.5 Å². The van der Waals surface area contributed by atoms with Gasteiger partial charge in [-0.1, -0.05) is 0 Å². The SMILES string of the molecule is CC(C)(C)OC(=O)N[C@@H]1CCCN(c2c(C(F)(F)F)cnc3[nH]cc(N)c23)C1. The number of hydrogen-bond acceptors (Lipinski definition) is 5. The number of rotatable bonds is 2. The smallest absolute Gasteiger partial charge is 0.419 e. The van der Waals surface area contributed by atoms with Crippen LogP contribution in [0.2, 0.25) is 0 Å². The number of aromatic nitrogens is 2. The molecule has 1 fully saturated rings. The number of ether oxygens (including phenoxy) is 1. The molecular formula is C18H24F3N5O2. The first-order chi connectivity index (χ1) is 13.0. The Hall–Kier alpha value is -2.65. The molecule has 0 unspecified atom stereocenters. The number of piperidine rings is 1. The van der Waals surface area contributed by atoms with Crippen molar-refractivity contribution in [3.05, 3.63) is 18.0 Å². The maximum Gasteiger partial charge on any atom is 0.419 e. The molecule has 0 aliphatic carbocycles. The molecular weight excluding hydrogens is 375 g/mol. The van der Waals surface area contributed by atoms with Crippen LogP contribution in [-0.2, 0) is 10.9 Å². The Bertz CT molecular complexity index is 872. The standard InChI is InChI=1S/C18H24F3N5O2/c1-17(2,3)28-16(27)25-10-5-4-6-26(9-10)14-11(18(19,20)21)7-23-15-13(14)12(22)8-24-15/h7-8,10H,4-6,9,22H2,1-3H3,(H,23,24)(H,25,27)/t10-/m1/s1. The quantitative estimate of drug-likeness (QED) is 0.716. The third kappa shape index (κ3) is 4.26. The highest BCUT2D eigenvalue weighted by Crippen LogP contribution is 2.42.